The first-order chi connectivity index (χ1) is 12.3. The fourth-order valence-electron chi connectivity index (χ4n) is 3.51. The lowest BCUT2D eigenvalue weighted by Gasteiger charge is -2.29. The second-order valence-electron chi connectivity index (χ2n) is 7.29. The van der Waals surface area contributed by atoms with Gasteiger partial charge in [-0.2, -0.15) is 0 Å². The summed E-state index contributed by atoms with van der Waals surface area (Å²) in [4.78, 5) is 16.7. The molecule has 0 atom stereocenters. The minimum absolute atomic E-state index is 0.00789. The average Bonchev–Trinajstić information content (AvgIpc) is 2.60. The van der Waals surface area contributed by atoms with Crippen LogP contribution in [0.25, 0.3) is 0 Å². The van der Waals surface area contributed by atoms with E-state index in [1.807, 2.05) is 32.0 Å². The number of carbonyl (C=O) groups excluding carboxylic acids is 1. The zero-order valence-electron chi connectivity index (χ0n) is 15.8. The number of benzene rings is 2. The van der Waals surface area contributed by atoms with Gasteiger partial charge in [0.1, 0.15) is 11.5 Å². The van der Waals surface area contributed by atoms with Crippen molar-refractivity contribution < 1.29 is 15.0 Å². The third-order valence-corrected chi connectivity index (χ3v) is 5.10. The lowest BCUT2D eigenvalue weighted by molar-refractivity contribution is 0.0990. The molecular formula is C21H26N2O3. The number of phenols is 2. The van der Waals surface area contributed by atoms with Gasteiger partial charge in [-0.05, 0) is 54.2 Å². The van der Waals surface area contributed by atoms with E-state index in [0.29, 0.717) is 5.56 Å². The van der Waals surface area contributed by atoms with E-state index in [9.17, 15) is 15.0 Å². The summed E-state index contributed by atoms with van der Waals surface area (Å²) < 4.78 is 0. The Bertz CT molecular complexity index is 845. The minimum atomic E-state index is -0.298. The zero-order chi connectivity index (χ0) is 19.0. The van der Waals surface area contributed by atoms with Gasteiger partial charge in [-0.1, -0.05) is 13.8 Å². The molecule has 1 aliphatic heterocycles. The van der Waals surface area contributed by atoms with Gasteiger partial charge < -0.3 is 20.0 Å². The average molecular weight is 354 g/mol. The SMILES string of the molecule is CC(C)c1cc(C(=O)N(C)c2ccc3c(c2)CCCN3C)c(O)cc1O. The number of hydrogen-bond acceptors (Lipinski definition) is 4. The van der Waals surface area contributed by atoms with Crippen molar-refractivity contribution in [3.05, 3.63) is 47.0 Å². The minimum Gasteiger partial charge on any atom is -0.508 e. The van der Waals surface area contributed by atoms with E-state index in [-0.39, 0.29) is 28.9 Å². The molecule has 2 aromatic carbocycles. The molecule has 1 aliphatic rings. The highest BCUT2D eigenvalue weighted by molar-refractivity contribution is 6.08. The molecule has 0 saturated carbocycles. The number of anilines is 2. The van der Waals surface area contributed by atoms with Gasteiger partial charge in [-0.3, -0.25) is 4.79 Å². The third-order valence-electron chi connectivity index (χ3n) is 5.10. The van der Waals surface area contributed by atoms with Gasteiger partial charge in [0.2, 0.25) is 0 Å². The van der Waals surface area contributed by atoms with Crippen LogP contribution in [-0.4, -0.2) is 36.8 Å². The first-order valence-corrected chi connectivity index (χ1v) is 8.97. The van der Waals surface area contributed by atoms with Gasteiger partial charge in [-0.15, -0.1) is 0 Å². The predicted octanol–water partition coefficient (Wildman–Crippen LogP) is 3.88. The zero-order valence-corrected chi connectivity index (χ0v) is 15.8. The molecule has 2 aromatic rings. The highest BCUT2D eigenvalue weighted by Crippen LogP contribution is 2.34. The van der Waals surface area contributed by atoms with Crippen molar-refractivity contribution in [2.45, 2.75) is 32.6 Å². The molecule has 3 rings (SSSR count). The van der Waals surface area contributed by atoms with Crippen LogP contribution in [0, 0.1) is 0 Å². The fourth-order valence-corrected chi connectivity index (χ4v) is 3.51. The Morgan fingerprint density at radius 3 is 2.58 bits per heavy atom. The highest BCUT2D eigenvalue weighted by atomic mass is 16.3. The van der Waals surface area contributed by atoms with Crippen molar-refractivity contribution in [3.63, 3.8) is 0 Å². The Morgan fingerprint density at radius 1 is 1.15 bits per heavy atom. The van der Waals surface area contributed by atoms with E-state index in [0.717, 1.165) is 25.1 Å². The van der Waals surface area contributed by atoms with E-state index in [1.54, 1.807) is 18.0 Å². The topological polar surface area (TPSA) is 64.0 Å². The quantitative estimate of drug-likeness (QED) is 0.878. The second kappa shape index (κ2) is 6.90. The van der Waals surface area contributed by atoms with Crippen LogP contribution < -0.4 is 9.80 Å². The van der Waals surface area contributed by atoms with E-state index in [2.05, 4.69) is 11.9 Å². The Morgan fingerprint density at radius 2 is 1.88 bits per heavy atom. The maximum absolute atomic E-state index is 13.0. The normalized spacial score (nSPS) is 13.7. The Balaban J connectivity index is 1.94. The predicted molar refractivity (Wildman–Crippen MR) is 105 cm³/mol. The van der Waals surface area contributed by atoms with Crippen LogP contribution in [0.2, 0.25) is 0 Å². The van der Waals surface area contributed by atoms with Crippen LogP contribution in [-0.2, 0) is 6.42 Å². The van der Waals surface area contributed by atoms with Crippen molar-refractivity contribution >= 4 is 17.3 Å². The van der Waals surface area contributed by atoms with Gasteiger partial charge in [-0.25, -0.2) is 0 Å². The first kappa shape index (κ1) is 18.1. The standard InChI is InChI=1S/C21H26N2O3/c1-13(2)16-11-17(20(25)12-19(16)24)21(26)23(4)15-7-8-18-14(10-15)6-5-9-22(18)3/h7-8,10-13,24-25H,5-6,9H2,1-4H3. The molecule has 5 nitrogen and oxygen atoms in total. The molecule has 0 fully saturated rings. The molecule has 0 aliphatic carbocycles. The molecular weight excluding hydrogens is 328 g/mol. The van der Waals surface area contributed by atoms with E-state index in [1.165, 1.54) is 17.3 Å². The molecule has 0 spiro atoms. The summed E-state index contributed by atoms with van der Waals surface area (Å²) in [5.74, 6) is -0.449. The van der Waals surface area contributed by atoms with Crippen molar-refractivity contribution in [3.8, 4) is 11.5 Å². The Labute approximate surface area is 154 Å². The number of aromatic hydroxyl groups is 2. The maximum atomic E-state index is 13.0. The number of hydrogen-bond donors (Lipinski definition) is 2. The summed E-state index contributed by atoms with van der Waals surface area (Å²) >= 11 is 0. The molecule has 26 heavy (non-hydrogen) atoms. The molecule has 0 aromatic heterocycles. The number of phenolic OH excluding ortho intramolecular Hbond substituents is 2. The summed E-state index contributed by atoms with van der Waals surface area (Å²) in [6.45, 7) is 4.91. The Kier molecular flexibility index (Phi) is 4.81. The van der Waals surface area contributed by atoms with Crippen molar-refractivity contribution in [2.24, 2.45) is 0 Å². The molecule has 0 bridgehead atoms. The van der Waals surface area contributed by atoms with Gasteiger partial charge in [0.15, 0.2) is 0 Å². The van der Waals surface area contributed by atoms with Crippen molar-refractivity contribution in [1.82, 2.24) is 0 Å². The molecule has 1 amide bonds. The van der Waals surface area contributed by atoms with Crippen LogP contribution in [0.3, 0.4) is 0 Å². The van der Waals surface area contributed by atoms with Gasteiger partial charge in [0.25, 0.3) is 5.91 Å². The summed E-state index contributed by atoms with van der Waals surface area (Å²) in [5, 5.41) is 20.2. The summed E-state index contributed by atoms with van der Waals surface area (Å²) in [6, 6.07) is 8.85. The lowest BCUT2D eigenvalue weighted by Crippen LogP contribution is -2.28. The summed E-state index contributed by atoms with van der Waals surface area (Å²) in [7, 11) is 3.78. The summed E-state index contributed by atoms with van der Waals surface area (Å²) in [5.41, 5.74) is 4.07. The first-order valence-electron chi connectivity index (χ1n) is 8.97. The largest absolute Gasteiger partial charge is 0.508 e. The second-order valence-corrected chi connectivity index (χ2v) is 7.29. The molecule has 0 unspecified atom stereocenters. The van der Waals surface area contributed by atoms with E-state index in [4.69, 9.17) is 0 Å². The number of fused-ring (bicyclic) bond motifs is 1. The number of aryl methyl sites for hydroxylation is 1. The molecule has 2 N–H and O–H groups in total. The molecule has 0 saturated heterocycles. The van der Waals surface area contributed by atoms with Crippen molar-refractivity contribution in [2.75, 3.05) is 30.4 Å². The van der Waals surface area contributed by atoms with Crippen LogP contribution in [0.4, 0.5) is 11.4 Å². The fraction of sp³-hybridized carbons (Fsp3) is 0.381. The van der Waals surface area contributed by atoms with Gasteiger partial charge in [0.05, 0.1) is 5.56 Å². The number of carbonyl (C=O) groups is 1. The lowest BCUT2D eigenvalue weighted by atomic mass is 9.98. The number of rotatable bonds is 3. The summed E-state index contributed by atoms with van der Waals surface area (Å²) in [6.07, 6.45) is 2.10. The third kappa shape index (κ3) is 3.21. The van der Waals surface area contributed by atoms with Crippen LogP contribution >= 0.6 is 0 Å². The number of nitrogens with zero attached hydrogens (tertiary/aromatic N) is 2. The monoisotopic (exact) mass is 354 g/mol. The van der Waals surface area contributed by atoms with Gasteiger partial charge in [0, 0.05) is 38.1 Å². The molecule has 1 heterocycles. The van der Waals surface area contributed by atoms with Crippen LogP contribution in [0.1, 0.15) is 47.7 Å². The molecule has 138 valence electrons. The highest BCUT2D eigenvalue weighted by Gasteiger charge is 2.22. The molecule has 5 heteroatoms. The molecule has 0 radical (unpaired) electrons. The van der Waals surface area contributed by atoms with Gasteiger partial charge >= 0.3 is 0 Å². The van der Waals surface area contributed by atoms with Crippen LogP contribution in [0.5, 0.6) is 11.5 Å². The maximum Gasteiger partial charge on any atom is 0.261 e. The van der Waals surface area contributed by atoms with Crippen LogP contribution in [0.15, 0.2) is 30.3 Å². The van der Waals surface area contributed by atoms with E-state index >= 15 is 0 Å². The smallest absolute Gasteiger partial charge is 0.261 e. The Hall–Kier alpha value is -2.69. The van der Waals surface area contributed by atoms with Crippen molar-refractivity contribution in [1.29, 1.82) is 0 Å². The van der Waals surface area contributed by atoms with E-state index < -0.39 is 0 Å². The number of amides is 1.